The van der Waals surface area contributed by atoms with Crippen LogP contribution in [0.1, 0.15) is 44.9 Å². The average molecular weight is 223 g/mol. The molecule has 2 rings (SSSR count). The molecule has 2 heteroatoms. The summed E-state index contributed by atoms with van der Waals surface area (Å²) < 4.78 is 5.08. The van der Waals surface area contributed by atoms with E-state index in [2.05, 4.69) is 11.4 Å². The van der Waals surface area contributed by atoms with Crippen molar-refractivity contribution in [1.29, 1.82) is 0 Å². The maximum absolute atomic E-state index is 5.08. The quantitative estimate of drug-likeness (QED) is 0.552. The van der Waals surface area contributed by atoms with Crippen LogP contribution in [-0.4, -0.2) is 26.8 Å². The van der Waals surface area contributed by atoms with Gasteiger partial charge in [0.1, 0.15) is 0 Å². The summed E-state index contributed by atoms with van der Waals surface area (Å²) in [5.41, 5.74) is 2.30. The first-order chi connectivity index (χ1) is 7.87. The summed E-state index contributed by atoms with van der Waals surface area (Å²) in [5.74, 6) is 0. The van der Waals surface area contributed by atoms with Crippen molar-refractivity contribution >= 4 is 0 Å². The van der Waals surface area contributed by atoms with Crippen molar-refractivity contribution in [2.24, 2.45) is 5.41 Å². The molecule has 0 aromatic heterocycles. The van der Waals surface area contributed by atoms with Crippen LogP contribution in [-0.2, 0) is 4.74 Å². The second-order valence-corrected chi connectivity index (χ2v) is 5.28. The molecule has 2 nitrogen and oxygen atoms in total. The first kappa shape index (κ1) is 12.1. The highest BCUT2D eigenvalue weighted by Gasteiger charge is 2.39. The van der Waals surface area contributed by atoms with Crippen molar-refractivity contribution in [3.8, 4) is 0 Å². The molecule has 2 aliphatic carbocycles. The molecule has 0 aromatic carbocycles. The average Bonchev–Trinajstić information content (AvgIpc) is 2.28. The molecule has 0 aliphatic heterocycles. The lowest BCUT2D eigenvalue weighted by Gasteiger charge is -2.45. The van der Waals surface area contributed by atoms with E-state index in [1.54, 1.807) is 12.7 Å². The maximum Gasteiger partial charge on any atom is 0.0587 e. The molecule has 0 saturated heterocycles. The number of hydrogen-bond donors (Lipinski definition) is 1. The van der Waals surface area contributed by atoms with E-state index < -0.39 is 0 Å². The van der Waals surface area contributed by atoms with Gasteiger partial charge in [-0.25, -0.2) is 0 Å². The number of rotatable bonds is 6. The SMILES string of the molecule is COCCNCC1(C2=CCCCC2)CCC1. The third-order valence-corrected chi connectivity index (χ3v) is 4.23. The van der Waals surface area contributed by atoms with Crippen LogP contribution in [0, 0.1) is 5.41 Å². The molecule has 0 radical (unpaired) electrons. The standard InChI is InChI=1S/C14H25NO/c1-16-11-10-15-12-14(8-5-9-14)13-6-3-2-4-7-13/h6,15H,2-5,7-12H2,1H3. The van der Waals surface area contributed by atoms with E-state index >= 15 is 0 Å². The van der Waals surface area contributed by atoms with E-state index in [0.717, 1.165) is 13.2 Å². The Morgan fingerprint density at radius 1 is 1.31 bits per heavy atom. The van der Waals surface area contributed by atoms with E-state index in [1.807, 2.05) is 0 Å². The van der Waals surface area contributed by atoms with Crippen LogP contribution in [0.4, 0.5) is 0 Å². The van der Waals surface area contributed by atoms with E-state index in [0.29, 0.717) is 5.41 Å². The summed E-state index contributed by atoms with van der Waals surface area (Å²) in [6, 6.07) is 0. The highest BCUT2D eigenvalue weighted by Crippen LogP contribution is 2.49. The molecule has 2 aliphatic rings. The van der Waals surface area contributed by atoms with Gasteiger partial charge < -0.3 is 10.1 Å². The molecular weight excluding hydrogens is 198 g/mol. The molecule has 0 amide bonds. The van der Waals surface area contributed by atoms with Crippen molar-refractivity contribution < 1.29 is 4.74 Å². The van der Waals surface area contributed by atoms with E-state index in [-0.39, 0.29) is 0 Å². The van der Waals surface area contributed by atoms with E-state index in [9.17, 15) is 0 Å². The molecule has 0 unspecified atom stereocenters. The first-order valence-electron chi connectivity index (χ1n) is 6.77. The number of methoxy groups -OCH3 is 1. The molecule has 16 heavy (non-hydrogen) atoms. The fraction of sp³-hybridized carbons (Fsp3) is 0.857. The van der Waals surface area contributed by atoms with Gasteiger partial charge in [-0.15, -0.1) is 0 Å². The normalized spacial score (nSPS) is 23.7. The Morgan fingerprint density at radius 2 is 2.19 bits per heavy atom. The summed E-state index contributed by atoms with van der Waals surface area (Å²) in [6.07, 6.45) is 12.2. The van der Waals surface area contributed by atoms with Crippen molar-refractivity contribution in [3.05, 3.63) is 11.6 Å². The van der Waals surface area contributed by atoms with Gasteiger partial charge >= 0.3 is 0 Å². The number of ether oxygens (including phenoxy) is 1. The largest absolute Gasteiger partial charge is 0.383 e. The second kappa shape index (κ2) is 5.83. The second-order valence-electron chi connectivity index (χ2n) is 5.28. The number of allylic oxidation sites excluding steroid dienone is 1. The van der Waals surface area contributed by atoms with Gasteiger partial charge in [0.15, 0.2) is 0 Å². The lowest BCUT2D eigenvalue weighted by Crippen LogP contribution is -2.42. The Hall–Kier alpha value is -0.340. The van der Waals surface area contributed by atoms with Gasteiger partial charge in [-0.2, -0.15) is 0 Å². The molecule has 0 spiro atoms. The lowest BCUT2D eigenvalue weighted by atomic mass is 9.62. The summed E-state index contributed by atoms with van der Waals surface area (Å²) in [4.78, 5) is 0. The molecule has 92 valence electrons. The minimum atomic E-state index is 0.536. The molecular formula is C14H25NO. The van der Waals surface area contributed by atoms with E-state index in [1.165, 1.54) is 51.5 Å². The predicted octanol–water partition coefficient (Wildman–Crippen LogP) is 2.89. The Kier molecular flexibility index (Phi) is 4.42. The zero-order valence-electron chi connectivity index (χ0n) is 10.6. The van der Waals surface area contributed by atoms with Gasteiger partial charge in [-0.3, -0.25) is 0 Å². The van der Waals surface area contributed by atoms with Gasteiger partial charge in [0.05, 0.1) is 6.61 Å². The van der Waals surface area contributed by atoms with Crippen LogP contribution < -0.4 is 5.32 Å². The van der Waals surface area contributed by atoms with Gasteiger partial charge in [0.25, 0.3) is 0 Å². The third-order valence-electron chi connectivity index (χ3n) is 4.23. The summed E-state index contributed by atoms with van der Waals surface area (Å²) in [7, 11) is 1.77. The van der Waals surface area contributed by atoms with Crippen molar-refractivity contribution in [1.82, 2.24) is 5.32 Å². The lowest BCUT2D eigenvalue weighted by molar-refractivity contribution is 0.156. The Labute approximate surface area is 99.4 Å². The zero-order chi connectivity index (χ0) is 11.3. The molecule has 0 atom stereocenters. The topological polar surface area (TPSA) is 21.3 Å². The highest BCUT2D eigenvalue weighted by molar-refractivity contribution is 5.20. The Bertz CT molecular complexity index is 243. The monoisotopic (exact) mass is 223 g/mol. The molecule has 1 saturated carbocycles. The minimum Gasteiger partial charge on any atom is -0.383 e. The molecule has 0 heterocycles. The van der Waals surface area contributed by atoms with Crippen LogP contribution in [0.5, 0.6) is 0 Å². The molecule has 0 aromatic rings. The highest BCUT2D eigenvalue weighted by atomic mass is 16.5. The van der Waals surface area contributed by atoms with Crippen LogP contribution in [0.25, 0.3) is 0 Å². The minimum absolute atomic E-state index is 0.536. The number of hydrogen-bond acceptors (Lipinski definition) is 2. The fourth-order valence-corrected chi connectivity index (χ4v) is 3.04. The summed E-state index contributed by atoms with van der Waals surface area (Å²) >= 11 is 0. The Balaban J connectivity index is 1.84. The van der Waals surface area contributed by atoms with Crippen LogP contribution >= 0.6 is 0 Å². The smallest absolute Gasteiger partial charge is 0.0587 e. The van der Waals surface area contributed by atoms with Gasteiger partial charge in [0.2, 0.25) is 0 Å². The van der Waals surface area contributed by atoms with Crippen LogP contribution in [0.15, 0.2) is 11.6 Å². The predicted molar refractivity (Wildman–Crippen MR) is 67.6 cm³/mol. The summed E-state index contributed by atoms with van der Waals surface area (Å²) in [6.45, 7) is 2.99. The van der Waals surface area contributed by atoms with Crippen molar-refractivity contribution in [2.45, 2.75) is 44.9 Å². The molecule has 1 N–H and O–H groups in total. The molecule has 0 bridgehead atoms. The van der Waals surface area contributed by atoms with Crippen molar-refractivity contribution in [3.63, 3.8) is 0 Å². The summed E-state index contributed by atoms with van der Waals surface area (Å²) in [5, 5.41) is 3.56. The van der Waals surface area contributed by atoms with Gasteiger partial charge in [-0.1, -0.05) is 18.1 Å². The van der Waals surface area contributed by atoms with Crippen LogP contribution in [0.3, 0.4) is 0 Å². The Morgan fingerprint density at radius 3 is 2.75 bits per heavy atom. The zero-order valence-corrected chi connectivity index (χ0v) is 10.6. The first-order valence-corrected chi connectivity index (χ1v) is 6.77. The van der Waals surface area contributed by atoms with Gasteiger partial charge in [-0.05, 0) is 38.5 Å². The molecule has 1 fully saturated rings. The maximum atomic E-state index is 5.08. The van der Waals surface area contributed by atoms with Crippen molar-refractivity contribution in [2.75, 3.05) is 26.8 Å². The number of nitrogens with one attached hydrogen (secondary N) is 1. The fourth-order valence-electron chi connectivity index (χ4n) is 3.04. The third kappa shape index (κ3) is 2.67. The van der Waals surface area contributed by atoms with Crippen LogP contribution in [0.2, 0.25) is 0 Å². The van der Waals surface area contributed by atoms with Gasteiger partial charge in [0, 0.05) is 25.6 Å². The van der Waals surface area contributed by atoms with E-state index in [4.69, 9.17) is 4.74 Å².